The van der Waals surface area contributed by atoms with Gasteiger partial charge in [-0.2, -0.15) is 0 Å². The number of halogens is 3. The number of aromatic carboxylic acids is 1. The van der Waals surface area contributed by atoms with E-state index in [1.807, 2.05) is 31.1 Å². The van der Waals surface area contributed by atoms with Gasteiger partial charge in [0, 0.05) is 24.8 Å². The smallest absolute Gasteiger partial charge is 0.335 e. The van der Waals surface area contributed by atoms with Gasteiger partial charge in [-0.15, -0.1) is 0 Å². The lowest BCUT2D eigenvalue weighted by Crippen LogP contribution is -2.24. The molecule has 4 rings (SSSR count). The molecular formula is C23H18ClF2N3O3. The zero-order chi connectivity index (χ0) is 23.2. The van der Waals surface area contributed by atoms with Crippen molar-refractivity contribution >= 4 is 34.3 Å². The minimum atomic E-state index is -1.31. The molecule has 3 aromatic carbocycles. The van der Waals surface area contributed by atoms with Crippen LogP contribution in [0.1, 0.15) is 15.9 Å². The van der Waals surface area contributed by atoms with Crippen LogP contribution in [0.15, 0.2) is 59.4 Å². The van der Waals surface area contributed by atoms with Gasteiger partial charge in [0.25, 0.3) is 0 Å². The third-order valence-corrected chi connectivity index (χ3v) is 5.33. The van der Waals surface area contributed by atoms with Crippen LogP contribution in [0.3, 0.4) is 0 Å². The molecule has 0 saturated carbocycles. The summed E-state index contributed by atoms with van der Waals surface area (Å²) in [6, 6.07) is 12.9. The van der Waals surface area contributed by atoms with Crippen molar-refractivity contribution < 1.29 is 18.7 Å². The zero-order valence-electron chi connectivity index (χ0n) is 17.1. The maximum absolute atomic E-state index is 14.9. The van der Waals surface area contributed by atoms with E-state index in [2.05, 4.69) is 0 Å². The molecule has 0 amide bonds. The highest BCUT2D eigenvalue weighted by Crippen LogP contribution is 2.26. The highest BCUT2D eigenvalue weighted by Gasteiger charge is 2.20. The molecule has 0 spiro atoms. The van der Waals surface area contributed by atoms with Crippen molar-refractivity contribution in [3.8, 4) is 5.69 Å². The molecule has 0 atom stereocenters. The normalized spacial score (nSPS) is 11.2. The summed E-state index contributed by atoms with van der Waals surface area (Å²) in [7, 11) is 3.76. The highest BCUT2D eigenvalue weighted by molar-refractivity contribution is 6.31. The second-order valence-corrected chi connectivity index (χ2v) is 7.96. The molecule has 0 fully saturated rings. The minimum Gasteiger partial charge on any atom is -0.478 e. The molecule has 0 radical (unpaired) electrons. The van der Waals surface area contributed by atoms with Gasteiger partial charge in [0.2, 0.25) is 0 Å². The minimum absolute atomic E-state index is 0.0165. The molecule has 0 aliphatic heterocycles. The standard InChI is InChI=1S/C23H18ClF2N3O3/c1-27(2)17-3-5-18(6-4-17)29-20-11-15(24)10-19(26)21(20)28(23(29)32)12-13-7-14(22(30)31)9-16(25)8-13/h3-11H,12H2,1-2H3,(H,30,31). The zero-order valence-corrected chi connectivity index (χ0v) is 17.9. The van der Waals surface area contributed by atoms with E-state index in [1.165, 1.54) is 16.7 Å². The molecule has 0 aliphatic carbocycles. The summed E-state index contributed by atoms with van der Waals surface area (Å²) >= 11 is 6.06. The Balaban J connectivity index is 1.94. The average Bonchev–Trinajstić information content (AvgIpc) is 2.99. The molecule has 4 aromatic rings. The van der Waals surface area contributed by atoms with Crippen LogP contribution in [0.4, 0.5) is 14.5 Å². The molecule has 0 bridgehead atoms. The van der Waals surface area contributed by atoms with E-state index in [-0.39, 0.29) is 33.7 Å². The number of carboxylic acid groups (broad SMARTS) is 1. The Morgan fingerprint density at radius 2 is 1.75 bits per heavy atom. The van der Waals surface area contributed by atoms with E-state index < -0.39 is 23.3 Å². The van der Waals surface area contributed by atoms with E-state index >= 15 is 0 Å². The molecule has 6 nitrogen and oxygen atoms in total. The number of rotatable bonds is 5. The molecule has 1 heterocycles. The molecule has 0 saturated heterocycles. The van der Waals surface area contributed by atoms with Crippen LogP contribution < -0.4 is 10.6 Å². The number of hydrogen-bond acceptors (Lipinski definition) is 3. The first-order chi connectivity index (χ1) is 15.2. The Hall–Kier alpha value is -3.65. The fourth-order valence-electron chi connectivity index (χ4n) is 3.65. The maximum atomic E-state index is 14.9. The van der Waals surface area contributed by atoms with Crippen molar-refractivity contribution in [2.24, 2.45) is 0 Å². The van der Waals surface area contributed by atoms with Gasteiger partial charge < -0.3 is 10.0 Å². The van der Waals surface area contributed by atoms with E-state index in [1.54, 1.807) is 12.1 Å². The van der Waals surface area contributed by atoms with Crippen molar-refractivity contribution in [2.75, 3.05) is 19.0 Å². The van der Waals surface area contributed by atoms with E-state index in [4.69, 9.17) is 11.6 Å². The topological polar surface area (TPSA) is 67.5 Å². The number of anilines is 1. The summed E-state index contributed by atoms with van der Waals surface area (Å²) in [5.74, 6) is -2.79. The molecule has 0 aliphatic rings. The Morgan fingerprint density at radius 1 is 1.06 bits per heavy atom. The van der Waals surface area contributed by atoms with E-state index in [9.17, 15) is 23.5 Å². The van der Waals surface area contributed by atoms with E-state index in [0.29, 0.717) is 5.69 Å². The number of fused-ring (bicyclic) bond motifs is 1. The summed E-state index contributed by atoms with van der Waals surface area (Å²) in [5.41, 5.74) is 1.01. The van der Waals surface area contributed by atoms with Gasteiger partial charge in [0.15, 0.2) is 5.82 Å². The fourth-order valence-corrected chi connectivity index (χ4v) is 3.85. The lowest BCUT2D eigenvalue weighted by atomic mass is 10.1. The Labute approximate surface area is 186 Å². The van der Waals surface area contributed by atoms with Gasteiger partial charge in [-0.05, 0) is 60.2 Å². The lowest BCUT2D eigenvalue weighted by molar-refractivity contribution is 0.0696. The quantitative estimate of drug-likeness (QED) is 0.478. The number of hydrogen-bond donors (Lipinski definition) is 1. The van der Waals surface area contributed by atoms with Crippen LogP contribution in [0.2, 0.25) is 5.02 Å². The summed E-state index contributed by atoms with van der Waals surface area (Å²) in [4.78, 5) is 26.5. The summed E-state index contributed by atoms with van der Waals surface area (Å²) < 4.78 is 31.4. The van der Waals surface area contributed by atoms with Crippen LogP contribution in [0.5, 0.6) is 0 Å². The Morgan fingerprint density at radius 3 is 2.38 bits per heavy atom. The van der Waals surface area contributed by atoms with Crippen molar-refractivity contribution in [3.63, 3.8) is 0 Å². The summed E-state index contributed by atoms with van der Waals surface area (Å²) in [6.07, 6.45) is 0. The molecule has 9 heteroatoms. The fraction of sp³-hybridized carbons (Fsp3) is 0.130. The van der Waals surface area contributed by atoms with Gasteiger partial charge in [0.1, 0.15) is 11.3 Å². The Kier molecular flexibility index (Phi) is 5.48. The van der Waals surface area contributed by atoms with Crippen LogP contribution in [0, 0.1) is 11.6 Å². The molecule has 32 heavy (non-hydrogen) atoms. The number of carbonyl (C=O) groups is 1. The van der Waals surface area contributed by atoms with Crippen LogP contribution in [-0.2, 0) is 6.54 Å². The Bertz CT molecular complexity index is 1410. The van der Waals surface area contributed by atoms with Crippen molar-refractivity contribution in [3.05, 3.63) is 92.9 Å². The van der Waals surface area contributed by atoms with Gasteiger partial charge in [-0.25, -0.2) is 18.4 Å². The maximum Gasteiger partial charge on any atom is 0.335 e. The number of aromatic nitrogens is 2. The number of imidazole rings is 1. The molecule has 1 aromatic heterocycles. The van der Waals surface area contributed by atoms with Gasteiger partial charge in [-0.3, -0.25) is 9.13 Å². The third kappa shape index (κ3) is 3.85. The second-order valence-electron chi connectivity index (χ2n) is 7.52. The summed E-state index contributed by atoms with van der Waals surface area (Å²) in [5, 5.41) is 9.31. The summed E-state index contributed by atoms with van der Waals surface area (Å²) in [6.45, 7) is -0.227. The number of nitrogens with zero attached hydrogens (tertiary/aromatic N) is 3. The first-order valence-electron chi connectivity index (χ1n) is 9.56. The highest BCUT2D eigenvalue weighted by atomic mass is 35.5. The van der Waals surface area contributed by atoms with Crippen LogP contribution in [0.25, 0.3) is 16.7 Å². The van der Waals surface area contributed by atoms with Crippen LogP contribution >= 0.6 is 11.6 Å². The number of carboxylic acids is 1. The molecule has 164 valence electrons. The lowest BCUT2D eigenvalue weighted by Gasteiger charge is -2.13. The molecule has 0 unspecified atom stereocenters. The van der Waals surface area contributed by atoms with Crippen molar-refractivity contribution in [1.29, 1.82) is 0 Å². The van der Waals surface area contributed by atoms with Gasteiger partial charge >= 0.3 is 11.7 Å². The van der Waals surface area contributed by atoms with Gasteiger partial charge in [-0.1, -0.05) is 11.6 Å². The molecular weight excluding hydrogens is 440 g/mol. The first-order valence-corrected chi connectivity index (χ1v) is 9.94. The molecule has 1 N–H and O–H groups in total. The monoisotopic (exact) mass is 457 g/mol. The third-order valence-electron chi connectivity index (χ3n) is 5.11. The largest absolute Gasteiger partial charge is 0.478 e. The van der Waals surface area contributed by atoms with Gasteiger partial charge in [0.05, 0.1) is 23.3 Å². The van der Waals surface area contributed by atoms with Crippen molar-refractivity contribution in [1.82, 2.24) is 9.13 Å². The average molecular weight is 458 g/mol. The SMILES string of the molecule is CN(C)c1ccc(-n2c(=O)n(Cc3cc(F)cc(C(=O)O)c3)c3c(F)cc(Cl)cc32)cc1. The van der Waals surface area contributed by atoms with Crippen LogP contribution in [-0.4, -0.2) is 34.3 Å². The van der Waals surface area contributed by atoms with Crippen molar-refractivity contribution in [2.45, 2.75) is 6.54 Å². The second kappa shape index (κ2) is 8.12. The number of benzene rings is 3. The van der Waals surface area contributed by atoms with E-state index in [0.717, 1.165) is 28.5 Å². The predicted molar refractivity (Wildman–Crippen MR) is 119 cm³/mol. The first kappa shape index (κ1) is 21.6. The predicted octanol–water partition coefficient (Wildman–Crippen LogP) is 4.54.